The molecule has 3 rings (SSSR count). The van der Waals surface area contributed by atoms with Gasteiger partial charge in [-0.15, -0.1) is 0 Å². The minimum absolute atomic E-state index is 0.207. The lowest BCUT2D eigenvalue weighted by Crippen LogP contribution is -2.48. The molecule has 0 saturated heterocycles. The zero-order valence-electron chi connectivity index (χ0n) is 16.7. The Morgan fingerprint density at radius 3 is 2.21 bits per heavy atom. The number of Topliss-reactive ketones (excluding diaryl/α,β-unsaturated/α-hetero) is 1. The van der Waals surface area contributed by atoms with Crippen LogP contribution in [-0.4, -0.2) is 25.2 Å². The Hall–Kier alpha value is -2.47. The molecule has 0 radical (unpaired) electrons. The van der Waals surface area contributed by atoms with Crippen LogP contribution in [0.15, 0.2) is 53.5 Å². The monoisotopic (exact) mass is 398 g/mol. The quantitative estimate of drug-likeness (QED) is 0.819. The second kappa shape index (κ2) is 7.51. The van der Waals surface area contributed by atoms with E-state index in [2.05, 4.69) is 9.71 Å². The number of carbonyl (C=O) groups is 1. The van der Waals surface area contributed by atoms with Gasteiger partial charge < -0.3 is 0 Å². The lowest BCUT2D eigenvalue weighted by atomic mass is 9.75. The van der Waals surface area contributed by atoms with Crippen LogP contribution in [0.25, 0.3) is 0 Å². The van der Waals surface area contributed by atoms with E-state index in [1.807, 2.05) is 64.1 Å². The van der Waals surface area contributed by atoms with E-state index in [0.717, 1.165) is 11.1 Å². The van der Waals surface area contributed by atoms with Crippen molar-refractivity contribution < 1.29 is 13.2 Å². The number of ketones is 1. The molecule has 0 aliphatic heterocycles. The molecule has 1 unspecified atom stereocenters. The van der Waals surface area contributed by atoms with Crippen molar-refractivity contribution in [3.63, 3.8) is 0 Å². The van der Waals surface area contributed by atoms with Crippen LogP contribution in [0.2, 0.25) is 0 Å². The number of aliphatic imine (C=N–C) groups is 1. The Bertz CT molecular complexity index is 1040. The Balaban J connectivity index is 2.06. The Labute approximate surface area is 166 Å². The number of para-hydroxylation sites is 2. The fourth-order valence-electron chi connectivity index (χ4n) is 3.59. The van der Waals surface area contributed by atoms with Gasteiger partial charge in [-0.05, 0) is 48.9 Å². The molecule has 0 amide bonds. The van der Waals surface area contributed by atoms with E-state index in [4.69, 9.17) is 0 Å². The van der Waals surface area contributed by atoms with Crippen molar-refractivity contribution in [1.82, 2.24) is 0 Å². The van der Waals surface area contributed by atoms with Crippen molar-refractivity contribution in [3.8, 4) is 0 Å². The van der Waals surface area contributed by atoms with Gasteiger partial charge in [0.15, 0.2) is 11.0 Å². The molecule has 2 aromatic rings. The molecule has 0 aromatic heterocycles. The predicted molar refractivity (Wildman–Crippen MR) is 114 cm³/mol. The highest BCUT2D eigenvalue weighted by molar-refractivity contribution is 7.94. The Kier molecular flexibility index (Phi) is 5.44. The van der Waals surface area contributed by atoms with Crippen molar-refractivity contribution in [2.24, 2.45) is 10.4 Å². The van der Waals surface area contributed by atoms with Crippen LogP contribution in [0.4, 0.5) is 11.4 Å². The van der Waals surface area contributed by atoms with Gasteiger partial charge in [-0.25, -0.2) is 8.42 Å². The van der Waals surface area contributed by atoms with E-state index >= 15 is 0 Å². The molecule has 1 saturated carbocycles. The molecule has 1 aliphatic rings. The minimum Gasteiger partial charge on any atom is -0.298 e. The van der Waals surface area contributed by atoms with Gasteiger partial charge in [0, 0.05) is 12.1 Å². The molecule has 1 fully saturated rings. The summed E-state index contributed by atoms with van der Waals surface area (Å²) in [6.07, 6.45) is 0.658. The van der Waals surface area contributed by atoms with Crippen LogP contribution in [-0.2, 0) is 14.8 Å². The number of benzene rings is 2. The van der Waals surface area contributed by atoms with Crippen molar-refractivity contribution in [1.29, 1.82) is 0 Å². The van der Waals surface area contributed by atoms with Crippen molar-refractivity contribution in [2.75, 3.05) is 4.72 Å². The van der Waals surface area contributed by atoms with Crippen LogP contribution < -0.4 is 4.72 Å². The maximum atomic E-state index is 13.2. The summed E-state index contributed by atoms with van der Waals surface area (Å²) in [7, 11) is -3.97. The van der Waals surface area contributed by atoms with Crippen molar-refractivity contribution >= 4 is 32.9 Å². The lowest BCUT2D eigenvalue weighted by Gasteiger charge is -2.34. The summed E-state index contributed by atoms with van der Waals surface area (Å²) in [6, 6.07) is 14.6. The second-order valence-corrected chi connectivity index (χ2v) is 9.98. The van der Waals surface area contributed by atoms with Gasteiger partial charge in [-0.1, -0.05) is 50.2 Å². The molecule has 0 spiro atoms. The predicted octanol–water partition coefficient (Wildman–Crippen LogP) is 4.58. The summed E-state index contributed by atoms with van der Waals surface area (Å²) in [4.78, 5) is 17.6. The summed E-state index contributed by atoms with van der Waals surface area (Å²) in [5.41, 5.74) is 2.99. The topological polar surface area (TPSA) is 75.6 Å². The normalized spacial score (nSPS) is 20.9. The third-order valence-electron chi connectivity index (χ3n) is 4.99. The van der Waals surface area contributed by atoms with Gasteiger partial charge in [-0.2, -0.15) is 0 Å². The van der Waals surface area contributed by atoms with Crippen molar-refractivity contribution in [2.45, 2.75) is 45.8 Å². The number of nitrogens with one attached hydrogen (secondary N) is 1. The van der Waals surface area contributed by atoms with E-state index in [0.29, 0.717) is 23.5 Å². The van der Waals surface area contributed by atoms with Gasteiger partial charge >= 0.3 is 0 Å². The zero-order chi connectivity index (χ0) is 20.5. The molecule has 148 valence electrons. The van der Waals surface area contributed by atoms with Crippen molar-refractivity contribution in [3.05, 3.63) is 59.7 Å². The van der Waals surface area contributed by atoms with E-state index < -0.39 is 15.3 Å². The third-order valence-corrected chi connectivity index (χ3v) is 6.65. The number of nitrogens with zero attached hydrogens (tertiary/aromatic N) is 1. The fraction of sp³-hybridized carbons (Fsp3) is 0.364. The zero-order valence-corrected chi connectivity index (χ0v) is 17.5. The van der Waals surface area contributed by atoms with Crippen LogP contribution in [0.3, 0.4) is 0 Å². The first-order chi connectivity index (χ1) is 13.1. The SMILES string of the molecule is Cc1ccccc1N=C1CC(C)(C)CC(=O)C1S(=O)(=O)Nc1ccccc1C. The smallest absolute Gasteiger partial charge is 0.248 e. The summed E-state index contributed by atoms with van der Waals surface area (Å²) in [6.45, 7) is 7.68. The van der Waals surface area contributed by atoms with Gasteiger partial charge in [-0.3, -0.25) is 14.5 Å². The Morgan fingerprint density at radius 2 is 1.57 bits per heavy atom. The average molecular weight is 399 g/mol. The number of hydrogen-bond acceptors (Lipinski definition) is 4. The van der Waals surface area contributed by atoms with Gasteiger partial charge in [0.2, 0.25) is 10.0 Å². The van der Waals surface area contributed by atoms with Crippen LogP contribution >= 0.6 is 0 Å². The molecule has 0 bridgehead atoms. The largest absolute Gasteiger partial charge is 0.298 e. The van der Waals surface area contributed by atoms with E-state index in [1.165, 1.54) is 0 Å². The van der Waals surface area contributed by atoms with E-state index in [-0.39, 0.29) is 17.6 Å². The minimum atomic E-state index is -3.97. The lowest BCUT2D eigenvalue weighted by molar-refractivity contribution is -0.120. The molecule has 2 aromatic carbocycles. The second-order valence-electron chi connectivity index (χ2n) is 8.22. The maximum absolute atomic E-state index is 13.2. The first kappa shape index (κ1) is 20.3. The number of anilines is 1. The first-order valence-electron chi connectivity index (χ1n) is 9.32. The molecule has 28 heavy (non-hydrogen) atoms. The standard InChI is InChI=1S/C22H26N2O3S/c1-15-9-5-7-11-17(15)23-19-13-22(3,4)14-20(25)21(19)28(26,27)24-18-12-8-6-10-16(18)2/h5-12,21,24H,13-14H2,1-4H3. The summed E-state index contributed by atoms with van der Waals surface area (Å²) in [5, 5.41) is -1.28. The van der Waals surface area contributed by atoms with Gasteiger partial charge in [0.05, 0.1) is 11.4 Å². The highest BCUT2D eigenvalue weighted by Gasteiger charge is 2.45. The molecular weight excluding hydrogens is 372 g/mol. The molecule has 1 atom stereocenters. The molecule has 0 heterocycles. The number of sulfonamides is 1. The van der Waals surface area contributed by atoms with Crippen LogP contribution in [0, 0.1) is 19.3 Å². The highest BCUT2D eigenvalue weighted by atomic mass is 32.2. The average Bonchev–Trinajstić information content (AvgIpc) is 2.57. The van der Waals surface area contributed by atoms with E-state index in [9.17, 15) is 13.2 Å². The fourth-order valence-corrected chi connectivity index (χ4v) is 5.17. The van der Waals surface area contributed by atoms with Crippen LogP contribution in [0.1, 0.15) is 37.8 Å². The molecule has 1 N–H and O–H groups in total. The number of hydrogen-bond donors (Lipinski definition) is 1. The molecule has 6 heteroatoms. The third kappa shape index (κ3) is 4.33. The van der Waals surface area contributed by atoms with Crippen LogP contribution in [0.5, 0.6) is 0 Å². The van der Waals surface area contributed by atoms with Gasteiger partial charge in [0.1, 0.15) is 0 Å². The molecular formula is C22H26N2O3S. The summed E-state index contributed by atoms with van der Waals surface area (Å²) >= 11 is 0. The van der Waals surface area contributed by atoms with Gasteiger partial charge in [0.25, 0.3) is 0 Å². The Morgan fingerprint density at radius 1 is 0.964 bits per heavy atom. The number of carbonyl (C=O) groups excluding carboxylic acids is 1. The first-order valence-corrected chi connectivity index (χ1v) is 10.9. The maximum Gasteiger partial charge on any atom is 0.248 e. The summed E-state index contributed by atoms with van der Waals surface area (Å²) < 4.78 is 29.0. The molecule has 1 aliphatic carbocycles. The molecule has 5 nitrogen and oxygen atoms in total. The number of rotatable bonds is 4. The van der Waals surface area contributed by atoms with E-state index in [1.54, 1.807) is 12.1 Å². The highest BCUT2D eigenvalue weighted by Crippen LogP contribution is 2.36. The number of aryl methyl sites for hydroxylation is 2. The summed E-state index contributed by atoms with van der Waals surface area (Å²) in [5.74, 6) is -0.315.